The van der Waals surface area contributed by atoms with Crippen molar-refractivity contribution in [2.45, 2.75) is 31.3 Å². The van der Waals surface area contributed by atoms with Crippen LogP contribution >= 0.6 is 22.9 Å². The van der Waals surface area contributed by atoms with Crippen LogP contribution in [0.25, 0.3) is 0 Å². The maximum atomic E-state index is 12.6. The van der Waals surface area contributed by atoms with E-state index in [1.165, 1.54) is 5.56 Å². The lowest BCUT2D eigenvalue weighted by molar-refractivity contribution is 0.0730. The lowest BCUT2D eigenvalue weighted by Crippen LogP contribution is -2.32. The fourth-order valence-corrected chi connectivity index (χ4v) is 3.07. The number of nitrogens with zero attached hydrogens (tertiary/aromatic N) is 1. The summed E-state index contributed by atoms with van der Waals surface area (Å²) in [5, 5.41) is 4.17. The predicted molar refractivity (Wildman–Crippen MR) is 83.2 cm³/mol. The van der Waals surface area contributed by atoms with Gasteiger partial charge in [0.05, 0.1) is 0 Å². The molecule has 4 heteroatoms. The Balaban J connectivity index is 1.77. The first-order valence-corrected chi connectivity index (χ1v) is 8.22. The summed E-state index contributed by atoms with van der Waals surface area (Å²) in [6.07, 6.45) is 2.24. The summed E-state index contributed by atoms with van der Waals surface area (Å²) < 4.78 is 0. The van der Waals surface area contributed by atoms with Crippen LogP contribution in [-0.4, -0.2) is 16.8 Å². The van der Waals surface area contributed by atoms with Crippen LogP contribution in [-0.2, 0) is 12.4 Å². The number of amides is 1. The van der Waals surface area contributed by atoms with Gasteiger partial charge in [0.25, 0.3) is 5.91 Å². The van der Waals surface area contributed by atoms with Gasteiger partial charge in [0, 0.05) is 24.0 Å². The molecule has 0 radical (unpaired) electrons. The highest BCUT2D eigenvalue weighted by atomic mass is 35.5. The number of alkyl halides is 1. The predicted octanol–water partition coefficient (Wildman–Crippen LogP) is 4.29. The molecule has 0 unspecified atom stereocenters. The van der Waals surface area contributed by atoms with Crippen molar-refractivity contribution in [2.75, 3.05) is 0 Å². The molecule has 0 saturated heterocycles. The van der Waals surface area contributed by atoms with Crippen LogP contribution in [0.5, 0.6) is 0 Å². The van der Waals surface area contributed by atoms with Gasteiger partial charge in [-0.05, 0) is 52.9 Å². The second-order valence-corrected chi connectivity index (χ2v) is 6.17. The normalized spacial score (nSPS) is 14.2. The Morgan fingerprint density at radius 3 is 2.50 bits per heavy atom. The average molecular weight is 306 g/mol. The second-order valence-electron chi connectivity index (χ2n) is 5.13. The van der Waals surface area contributed by atoms with Gasteiger partial charge in [-0.15, -0.1) is 11.6 Å². The number of thiophene rings is 1. The van der Waals surface area contributed by atoms with Crippen molar-refractivity contribution in [1.82, 2.24) is 4.90 Å². The van der Waals surface area contributed by atoms with Crippen molar-refractivity contribution in [3.05, 3.63) is 57.8 Å². The summed E-state index contributed by atoms with van der Waals surface area (Å²) in [6, 6.07) is 10.1. The topological polar surface area (TPSA) is 20.3 Å². The lowest BCUT2D eigenvalue weighted by Gasteiger charge is -2.22. The van der Waals surface area contributed by atoms with Gasteiger partial charge in [-0.2, -0.15) is 11.3 Å². The Labute approximate surface area is 128 Å². The van der Waals surface area contributed by atoms with Crippen LogP contribution in [0, 0.1) is 0 Å². The van der Waals surface area contributed by atoms with Gasteiger partial charge in [-0.25, -0.2) is 0 Å². The zero-order valence-corrected chi connectivity index (χ0v) is 12.7. The van der Waals surface area contributed by atoms with Gasteiger partial charge in [0.2, 0.25) is 0 Å². The number of halogens is 1. The molecule has 2 aromatic rings. The standard InChI is InChI=1S/C16H16ClNOS/c17-9-12-1-3-14(4-2-12)16(19)18(15-5-6-15)10-13-7-8-20-11-13/h1-4,7-8,11,15H,5-6,9-10H2. The molecule has 3 rings (SSSR count). The van der Waals surface area contributed by atoms with Gasteiger partial charge in [-0.3, -0.25) is 4.79 Å². The highest BCUT2D eigenvalue weighted by Crippen LogP contribution is 2.30. The van der Waals surface area contributed by atoms with E-state index in [4.69, 9.17) is 11.6 Å². The van der Waals surface area contributed by atoms with Gasteiger partial charge in [0.1, 0.15) is 0 Å². The highest BCUT2D eigenvalue weighted by molar-refractivity contribution is 7.07. The third-order valence-electron chi connectivity index (χ3n) is 3.54. The van der Waals surface area contributed by atoms with E-state index in [2.05, 4.69) is 16.8 Å². The van der Waals surface area contributed by atoms with Crippen LogP contribution in [0.2, 0.25) is 0 Å². The number of hydrogen-bond donors (Lipinski definition) is 0. The minimum atomic E-state index is 0.125. The molecule has 20 heavy (non-hydrogen) atoms. The van der Waals surface area contributed by atoms with E-state index in [1.54, 1.807) is 11.3 Å². The molecular weight excluding hydrogens is 290 g/mol. The fourth-order valence-electron chi connectivity index (χ4n) is 2.23. The molecule has 1 saturated carbocycles. The smallest absolute Gasteiger partial charge is 0.254 e. The largest absolute Gasteiger partial charge is 0.331 e. The van der Waals surface area contributed by atoms with Gasteiger partial charge >= 0.3 is 0 Å². The molecule has 104 valence electrons. The zero-order chi connectivity index (χ0) is 13.9. The third-order valence-corrected chi connectivity index (χ3v) is 4.58. The maximum Gasteiger partial charge on any atom is 0.254 e. The molecule has 0 N–H and O–H groups in total. The maximum absolute atomic E-state index is 12.6. The number of carbonyl (C=O) groups excluding carboxylic acids is 1. The van der Waals surface area contributed by atoms with E-state index in [0.717, 1.165) is 24.0 Å². The molecule has 1 aliphatic carbocycles. The van der Waals surface area contributed by atoms with Crippen molar-refractivity contribution in [2.24, 2.45) is 0 Å². The molecule has 1 amide bonds. The third kappa shape index (κ3) is 3.05. The van der Waals surface area contributed by atoms with Gasteiger partial charge in [-0.1, -0.05) is 12.1 Å². The van der Waals surface area contributed by atoms with Crippen LogP contribution in [0.1, 0.15) is 34.3 Å². The van der Waals surface area contributed by atoms with E-state index >= 15 is 0 Å². The molecule has 1 aromatic heterocycles. The minimum Gasteiger partial charge on any atom is -0.331 e. The monoisotopic (exact) mass is 305 g/mol. The Morgan fingerprint density at radius 1 is 1.20 bits per heavy atom. The number of rotatable bonds is 5. The zero-order valence-electron chi connectivity index (χ0n) is 11.1. The summed E-state index contributed by atoms with van der Waals surface area (Å²) in [4.78, 5) is 14.6. The first-order valence-electron chi connectivity index (χ1n) is 6.75. The SMILES string of the molecule is O=C(c1ccc(CCl)cc1)N(Cc1ccsc1)C1CC1. The number of hydrogen-bond acceptors (Lipinski definition) is 2. The summed E-state index contributed by atoms with van der Waals surface area (Å²) in [6.45, 7) is 0.713. The van der Waals surface area contributed by atoms with Crippen molar-refractivity contribution < 1.29 is 4.79 Å². The average Bonchev–Trinajstić information content (AvgIpc) is 3.21. The number of benzene rings is 1. The Bertz CT molecular complexity index is 575. The molecule has 1 fully saturated rings. The molecule has 2 nitrogen and oxygen atoms in total. The van der Waals surface area contributed by atoms with E-state index in [-0.39, 0.29) is 5.91 Å². The second kappa shape index (κ2) is 5.98. The van der Waals surface area contributed by atoms with Crippen LogP contribution in [0.15, 0.2) is 41.1 Å². The highest BCUT2D eigenvalue weighted by Gasteiger charge is 2.33. The molecule has 0 spiro atoms. The Kier molecular flexibility index (Phi) is 4.08. The van der Waals surface area contributed by atoms with Crippen molar-refractivity contribution in [1.29, 1.82) is 0 Å². The van der Waals surface area contributed by atoms with Crippen LogP contribution in [0.3, 0.4) is 0 Å². The van der Waals surface area contributed by atoms with E-state index < -0.39 is 0 Å². The van der Waals surface area contributed by atoms with E-state index in [9.17, 15) is 4.79 Å². The van der Waals surface area contributed by atoms with E-state index in [0.29, 0.717) is 18.5 Å². The first-order chi connectivity index (χ1) is 9.78. The van der Waals surface area contributed by atoms with Crippen LogP contribution < -0.4 is 0 Å². The molecule has 1 heterocycles. The minimum absolute atomic E-state index is 0.125. The summed E-state index contributed by atoms with van der Waals surface area (Å²) in [7, 11) is 0. The molecule has 1 aliphatic rings. The molecule has 1 aromatic carbocycles. The summed E-state index contributed by atoms with van der Waals surface area (Å²) >= 11 is 7.46. The Hall–Kier alpha value is -1.32. The Morgan fingerprint density at radius 2 is 1.95 bits per heavy atom. The van der Waals surface area contributed by atoms with Gasteiger partial charge in [0.15, 0.2) is 0 Å². The van der Waals surface area contributed by atoms with E-state index in [1.807, 2.05) is 29.2 Å². The summed E-state index contributed by atoms with van der Waals surface area (Å²) in [5.74, 6) is 0.607. The van der Waals surface area contributed by atoms with Gasteiger partial charge < -0.3 is 4.90 Å². The molecule has 0 bridgehead atoms. The van der Waals surface area contributed by atoms with Crippen molar-refractivity contribution in [3.8, 4) is 0 Å². The molecule has 0 atom stereocenters. The van der Waals surface area contributed by atoms with Crippen molar-refractivity contribution >= 4 is 28.8 Å². The quantitative estimate of drug-likeness (QED) is 0.755. The fraction of sp³-hybridized carbons (Fsp3) is 0.312. The molecule has 0 aliphatic heterocycles. The van der Waals surface area contributed by atoms with Crippen molar-refractivity contribution in [3.63, 3.8) is 0 Å². The number of carbonyl (C=O) groups is 1. The first kappa shape index (κ1) is 13.7. The lowest BCUT2D eigenvalue weighted by atomic mass is 10.1. The molecular formula is C16H16ClNOS. The summed E-state index contributed by atoms with van der Waals surface area (Å²) in [5.41, 5.74) is 3.01. The van der Waals surface area contributed by atoms with Crippen LogP contribution in [0.4, 0.5) is 0 Å².